The van der Waals surface area contributed by atoms with Gasteiger partial charge in [-0.2, -0.15) is 25.3 Å². The number of hydrogen-bond acceptors (Lipinski definition) is 8. The normalized spacial score (nSPS) is 11.2. The van der Waals surface area contributed by atoms with E-state index in [4.69, 9.17) is 5.73 Å². The predicted molar refractivity (Wildman–Crippen MR) is 93.4 cm³/mol. The second kappa shape index (κ2) is 6.94. The summed E-state index contributed by atoms with van der Waals surface area (Å²) in [6, 6.07) is 6.48. The maximum atomic E-state index is 14.3. The minimum Gasteiger partial charge on any atom is -0.368 e. The molecule has 0 fully saturated rings. The second-order valence-corrected chi connectivity index (χ2v) is 5.43. The largest absolute Gasteiger partial charge is 0.368 e. The third-order valence-electron chi connectivity index (χ3n) is 3.35. The smallest absolute Gasteiger partial charge is 0.230 e. The summed E-state index contributed by atoms with van der Waals surface area (Å²) in [5, 5.41) is 13.3. The molecular formula is C16H14FN9. The summed E-state index contributed by atoms with van der Waals surface area (Å²) in [5.41, 5.74) is 6.53. The zero-order valence-electron chi connectivity index (χ0n) is 14.0. The SMILES string of the molecule is CN(C)c1nc(N)nc(/C(C#N)=C/c2ccc(-n3cncn3)c(F)c2)n1. The standard InChI is InChI=1S/C16H14FN9/c1-25(2)16-23-14(22-15(19)24-16)11(7-18)5-10-3-4-13(12(17)6-10)26-9-20-8-21-26/h3-6,8-9H,1-2H3,(H2,19,22,23,24)/b11-5+. The van der Waals surface area contributed by atoms with E-state index in [1.165, 1.54) is 35.5 Å². The molecule has 0 spiro atoms. The van der Waals surface area contributed by atoms with Gasteiger partial charge in [-0.1, -0.05) is 6.07 Å². The Morgan fingerprint density at radius 1 is 1.31 bits per heavy atom. The first-order chi connectivity index (χ1) is 12.5. The van der Waals surface area contributed by atoms with Crippen molar-refractivity contribution in [3.63, 3.8) is 0 Å². The van der Waals surface area contributed by atoms with Crippen LogP contribution >= 0.6 is 0 Å². The molecule has 3 aromatic rings. The summed E-state index contributed by atoms with van der Waals surface area (Å²) < 4.78 is 15.6. The topological polar surface area (TPSA) is 122 Å². The minimum atomic E-state index is -0.509. The van der Waals surface area contributed by atoms with Crippen molar-refractivity contribution in [2.24, 2.45) is 0 Å². The van der Waals surface area contributed by atoms with Crippen LogP contribution in [0.5, 0.6) is 0 Å². The number of nitrogens with two attached hydrogens (primary N) is 1. The van der Waals surface area contributed by atoms with Gasteiger partial charge in [0, 0.05) is 14.1 Å². The molecule has 3 rings (SSSR count). The maximum absolute atomic E-state index is 14.3. The molecule has 0 saturated carbocycles. The minimum absolute atomic E-state index is 0.00689. The van der Waals surface area contributed by atoms with Crippen LogP contribution in [0, 0.1) is 17.1 Å². The molecule has 10 heteroatoms. The first-order valence-corrected chi connectivity index (χ1v) is 7.43. The lowest BCUT2D eigenvalue weighted by Gasteiger charge is -2.11. The molecule has 0 atom stereocenters. The molecule has 1 aromatic carbocycles. The third-order valence-corrected chi connectivity index (χ3v) is 3.35. The van der Waals surface area contributed by atoms with E-state index in [1.807, 2.05) is 6.07 Å². The summed E-state index contributed by atoms with van der Waals surface area (Å²) in [6.07, 6.45) is 4.18. The van der Waals surface area contributed by atoms with Gasteiger partial charge in [-0.25, -0.2) is 14.1 Å². The number of nitriles is 1. The fraction of sp³-hybridized carbons (Fsp3) is 0.125. The monoisotopic (exact) mass is 351 g/mol. The number of anilines is 2. The second-order valence-electron chi connectivity index (χ2n) is 5.43. The average molecular weight is 351 g/mol. The molecule has 2 N–H and O–H groups in total. The Bertz CT molecular complexity index is 1000. The maximum Gasteiger partial charge on any atom is 0.230 e. The van der Waals surface area contributed by atoms with E-state index < -0.39 is 5.82 Å². The molecule has 0 amide bonds. The summed E-state index contributed by atoms with van der Waals surface area (Å²) >= 11 is 0. The molecule has 0 bridgehead atoms. The average Bonchev–Trinajstić information content (AvgIpc) is 3.13. The van der Waals surface area contributed by atoms with Gasteiger partial charge < -0.3 is 10.6 Å². The van der Waals surface area contributed by atoms with Gasteiger partial charge in [-0.05, 0) is 23.8 Å². The highest BCUT2D eigenvalue weighted by molar-refractivity contribution is 5.87. The van der Waals surface area contributed by atoms with Crippen molar-refractivity contribution in [1.82, 2.24) is 29.7 Å². The van der Waals surface area contributed by atoms with Crippen LogP contribution in [0.25, 0.3) is 17.3 Å². The first-order valence-electron chi connectivity index (χ1n) is 7.43. The van der Waals surface area contributed by atoms with Crippen molar-refractivity contribution in [3.05, 3.63) is 48.1 Å². The highest BCUT2D eigenvalue weighted by Crippen LogP contribution is 2.20. The Labute approximate surface area is 148 Å². The van der Waals surface area contributed by atoms with Gasteiger partial charge in [0.25, 0.3) is 0 Å². The third kappa shape index (κ3) is 3.46. The molecular weight excluding hydrogens is 337 g/mol. The summed E-state index contributed by atoms with van der Waals surface area (Å²) in [6.45, 7) is 0. The van der Waals surface area contributed by atoms with Crippen LogP contribution in [0.3, 0.4) is 0 Å². The fourth-order valence-electron chi connectivity index (χ4n) is 2.15. The van der Waals surface area contributed by atoms with E-state index in [0.29, 0.717) is 11.5 Å². The van der Waals surface area contributed by atoms with E-state index >= 15 is 0 Å². The number of rotatable bonds is 4. The summed E-state index contributed by atoms with van der Waals surface area (Å²) in [7, 11) is 3.49. The lowest BCUT2D eigenvalue weighted by Crippen LogP contribution is -2.15. The van der Waals surface area contributed by atoms with Crippen LogP contribution in [-0.2, 0) is 0 Å². The van der Waals surface area contributed by atoms with Crippen molar-refractivity contribution >= 4 is 23.5 Å². The Morgan fingerprint density at radius 3 is 2.73 bits per heavy atom. The van der Waals surface area contributed by atoms with E-state index in [0.717, 1.165) is 0 Å². The lowest BCUT2D eigenvalue weighted by molar-refractivity contribution is 0.610. The Hall–Kier alpha value is -3.87. The molecule has 0 saturated heterocycles. The summed E-state index contributed by atoms with van der Waals surface area (Å²) in [5.74, 6) is -0.0796. The Morgan fingerprint density at radius 2 is 2.12 bits per heavy atom. The molecule has 0 aliphatic heterocycles. The van der Waals surface area contributed by atoms with Crippen molar-refractivity contribution in [2.75, 3.05) is 24.7 Å². The Balaban J connectivity index is 2.00. The number of allylic oxidation sites excluding steroid dienone is 1. The van der Waals surface area contributed by atoms with Gasteiger partial charge in [0.15, 0.2) is 5.82 Å². The number of aromatic nitrogens is 6. The van der Waals surface area contributed by atoms with Crippen molar-refractivity contribution in [3.8, 4) is 11.8 Å². The van der Waals surface area contributed by atoms with E-state index in [9.17, 15) is 9.65 Å². The van der Waals surface area contributed by atoms with Crippen LogP contribution in [0.2, 0.25) is 0 Å². The number of nitrogen functional groups attached to an aromatic ring is 1. The molecule has 2 aromatic heterocycles. The fourth-order valence-corrected chi connectivity index (χ4v) is 2.15. The van der Waals surface area contributed by atoms with E-state index in [1.54, 1.807) is 25.1 Å². The zero-order valence-corrected chi connectivity index (χ0v) is 14.0. The van der Waals surface area contributed by atoms with Crippen LogP contribution in [-0.4, -0.2) is 43.8 Å². The van der Waals surface area contributed by atoms with Crippen LogP contribution in [0.15, 0.2) is 30.9 Å². The zero-order chi connectivity index (χ0) is 18.7. The number of hydrogen-bond donors (Lipinski definition) is 1. The highest BCUT2D eigenvalue weighted by Gasteiger charge is 2.12. The molecule has 0 aliphatic rings. The molecule has 2 heterocycles. The van der Waals surface area contributed by atoms with Crippen LogP contribution < -0.4 is 10.6 Å². The quantitative estimate of drug-likeness (QED) is 0.698. The highest BCUT2D eigenvalue weighted by atomic mass is 19.1. The van der Waals surface area contributed by atoms with Crippen LogP contribution in [0.1, 0.15) is 11.4 Å². The summed E-state index contributed by atoms with van der Waals surface area (Å²) in [4.78, 5) is 17.6. The van der Waals surface area contributed by atoms with Gasteiger partial charge in [-0.15, -0.1) is 0 Å². The van der Waals surface area contributed by atoms with E-state index in [-0.39, 0.29) is 23.0 Å². The molecule has 0 unspecified atom stereocenters. The van der Waals surface area contributed by atoms with E-state index in [2.05, 4.69) is 25.0 Å². The lowest BCUT2D eigenvalue weighted by atomic mass is 10.1. The van der Waals surface area contributed by atoms with Gasteiger partial charge in [-0.3, -0.25) is 0 Å². The van der Waals surface area contributed by atoms with Crippen LogP contribution in [0.4, 0.5) is 16.3 Å². The molecule has 130 valence electrons. The Kier molecular flexibility index (Phi) is 4.53. The predicted octanol–water partition coefficient (Wildman–Crippen LogP) is 1.30. The number of nitrogens with zero attached hydrogens (tertiary/aromatic N) is 8. The van der Waals surface area contributed by atoms with Crippen molar-refractivity contribution < 1.29 is 4.39 Å². The van der Waals surface area contributed by atoms with Gasteiger partial charge in [0.05, 0.1) is 5.57 Å². The molecule has 0 aliphatic carbocycles. The van der Waals surface area contributed by atoms with Gasteiger partial charge >= 0.3 is 0 Å². The van der Waals surface area contributed by atoms with Crippen molar-refractivity contribution in [2.45, 2.75) is 0 Å². The molecule has 9 nitrogen and oxygen atoms in total. The van der Waals surface area contributed by atoms with Gasteiger partial charge in [0.2, 0.25) is 11.9 Å². The van der Waals surface area contributed by atoms with Gasteiger partial charge in [0.1, 0.15) is 30.2 Å². The number of halogens is 1. The molecule has 26 heavy (non-hydrogen) atoms. The van der Waals surface area contributed by atoms with Crippen molar-refractivity contribution in [1.29, 1.82) is 5.26 Å². The molecule has 0 radical (unpaired) electrons. The number of benzene rings is 1. The first kappa shape index (κ1) is 17.0.